The number of benzene rings is 2. The van der Waals surface area contributed by atoms with Crippen molar-refractivity contribution in [2.24, 2.45) is 5.73 Å². The molecule has 2 N–H and O–H groups in total. The molecular weight excluding hydrogens is 290 g/mol. The normalized spacial score (nSPS) is 17.0. The van der Waals surface area contributed by atoms with Gasteiger partial charge in [-0.1, -0.05) is 30.3 Å². The Kier molecular flexibility index (Phi) is 3.86. The minimum atomic E-state index is -0.916. The van der Waals surface area contributed by atoms with E-state index in [2.05, 4.69) is 12.1 Å². The van der Waals surface area contributed by atoms with Crippen molar-refractivity contribution in [3.63, 3.8) is 0 Å². The molecule has 1 aliphatic rings. The summed E-state index contributed by atoms with van der Waals surface area (Å²) in [6.07, 6.45) is 0.739. The van der Waals surface area contributed by atoms with Crippen molar-refractivity contribution in [1.29, 1.82) is 0 Å². The Bertz CT molecular complexity index is 733. The van der Waals surface area contributed by atoms with Crippen molar-refractivity contribution in [3.05, 3.63) is 64.7 Å². The highest BCUT2D eigenvalue weighted by Gasteiger charge is 2.33. The quantitative estimate of drug-likeness (QED) is 0.880. The maximum absolute atomic E-state index is 12.1. The van der Waals surface area contributed by atoms with Crippen LogP contribution < -0.4 is 10.5 Å². The van der Waals surface area contributed by atoms with E-state index in [4.69, 9.17) is 15.2 Å². The van der Waals surface area contributed by atoms with E-state index >= 15 is 0 Å². The Hall–Kier alpha value is -2.33. The lowest BCUT2D eigenvalue weighted by atomic mass is 9.99. The summed E-state index contributed by atoms with van der Waals surface area (Å²) in [7, 11) is 0. The molecule has 0 unspecified atom stereocenters. The minimum Gasteiger partial charge on any atom is -0.452 e. The molecule has 1 atom stereocenters. The third-order valence-corrected chi connectivity index (χ3v) is 3.87. The van der Waals surface area contributed by atoms with Gasteiger partial charge in [-0.05, 0) is 42.2 Å². The van der Waals surface area contributed by atoms with Crippen LogP contribution in [-0.4, -0.2) is 11.8 Å². The van der Waals surface area contributed by atoms with Gasteiger partial charge in [0.25, 0.3) is 0 Å². The molecular formula is C19H21NO3. The van der Waals surface area contributed by atoms with Gasteiger partial charge < -0.3 is 15.2 Å². The largest absolute Gasteiger partial charge is 0.452 e. The fourth-order valence-corrected chi connectivity index (χ4v) is 2.67. The van der Waals surface area contributed by atoms with E-state index in [0.717, 1.165) is 17.5 Å². The van der Waals surface area contributed by atoms with E-state index in [1.165, 1.54) is 5.56 Å². The SMILES string of the molecule is C[C@H](N)c1ccc(Cc2ccc3c(c2)C(=O)OC(C)(C)O3)cc1. The van der Waals surface area contributed by atoms with Crippen LogP contribution in [0.1, 0.15) is 53.9 Å². The fraction of sp³-hybridized carbons (Fsp3) is 0.316. The van der Waals surface area contributed by atoms with Crippen LogP contribution in [0, 0.1) is 0 Å². The summed E-state index contributed by atoms with van der Waals surface area (Å²) in [6, 6.07) is 13.9. The molecule has 120 valence electrons. The zero-order valence-corrected chi connectivity index (χ0v) is 13.6. The molecule has 0 spiro atoms. The molecule has 2 aromatic rings. The van der Waals surface area contributed by atoms with Crippen molar-refractivity contribution in [3.8, 4) is 5.75 Å². The summed E-state index contributed by atoms with van der Waals surface area (Å²) in [5.41, 5.74) is 9.66. The molecule has 0 saturated heterocycles. The molecule has 0 aliphatic carbocycles. The molecule has 0 radical (unpaired) electrons. The van der Waals surface area contributed by atoms with Gasteiger partial charge in [0.15, 0.2) is 0 Å². The number of carbonyl (C=O) groups is 1. The number of cyclic esters (lactones) is 1. The third-order valence-electron chi connectivity index (χ3n) is 3.87. The molecule has 0 aromatic heterocycles. The lowest BCUT2D eigenvalue weighted by Crippen LogP contribution is -2.38. The molecule has 0 bridgehead atoms. The third kappa shape index (κ3) is 3.37. The molecule has 4 nitrogen and oxygen atoms in total. The van der Waals surface area contributed by atoms with Crippen molar-refractivity contribution in [2.45, 2.75) is 39.0 Å². The first kappa shape index (κ1) is 15.6. The van der Waals surface area contributed by atoms with E-state index in [1.54, 1.807) is 13.8 Å². The standard InChI is InChI=1S/C19H21NO3/c1-12(20)15-7-4-13(5-8-15)10-14-6-9-17-16(11-14)18(21)23-19(2,3)22-17/h4-9,11-12H,10,20H2,1-3H3/t12-/m0/s1. The predicted molar refractivity (Wildman–Crippen MR) is 88.4 cm³/mol. The Labute approximate surface area is 136 Å². The van der Waals surface area contributed by atoms with Crippen molar-refractivity contribution < 1.29 is 14.3 Å². The van der Waals surface area contributed by atoms with E-state index in [1.807, 2.05) is 37.3 Å². The van der Waals surface area contributed by atoms with Crippen molar-refractivity contribution in [1.82, 2.24) is 0 Å². The zero-order valence-electron chi connectivity index (χ0n) is 13.6. The first-order chi connectivity index (χ1) is 10.8. The molecule has 3 rings (SSSR count). The average Bonchev–Trinajstić information content (AvgIpc) is 2.47. The highest BCUT2D eigenvalue weighted by Crippen LogP contribution is 2.32. The number of esters is 1. The van der Waals surface area contributed by atoms with Gasteiger partial charge in [-0.3, -0.25) is 0 Å². The smallest absolute Gasteiger partial charge is 0.345 e. The predicted octanol–water partition coefficient (Wildman–Crippen LogP) is 3.58. The molecule has 0 fully saturated rings. The van der Waals surface area contributed by atoms with E-state index in [-0.39, 0.29) is 12.0 Å². The lowest BCUT2D eigenvalue weighted by molar-refractivity contribution is -0.127. The Morgan fingerprint density at radius 3 is 2.35 bits per heavy atom. The molecule has 0 amide bonds. The summed E-state index contributed by atoms with van der Waals surface area (Å²) in [4.78, 5) is 12.1. The summed E-state index contributed by atoms with van der Waals surface area (Å²) >= 11 is 0. The number of hydrogen-bond donors (Lipinski definition) is 1. The minimum absolute atomic E-state index is 0.0306. The van der Waals surface area contributed by atoms with Crippen LogP contribution >= 0.6 is 0 Å². The van der Waals surface area contributed by atoms with Gasteiger partial charge in [0.2, 0.25) is 5.79 Å². The number of ether oxygens (including phenoxy) is 2. The summed E-state index contributed by atoms with van der Waals surface area (Å²) < 4.78 is 11.0. The molecule has 0 saturated carbocycles. The van der Waals surface area contributed by atoms with E-state index in [0.29, 0.717) is 11.3 Å². The van der Waals surface area contributed by atoms with Gasteiger partial charge in [-0.15, -0.1) is 0 Å². The number of carbonyl (C=O) groups excluding carboxylic acids is 1. The van der Waals surface area contributed by atoms with Crippen LogP contribution in [0.25, 0.3) is 0 Å². The first-order valence-electron chi connectivity index (χ1n) is 7.74. The maximum atomic E-state index is 12.1. The highest BCUT2D eigenvalue weighted by atomic mass is 16.7. The van der Waals surface area contributed by atoms with Gasteiger partial charge in [0, 0.05) is 19.9 Å². The van der Waals surface area contributed by atoms with Crippen LogP contribution in [0.2, 0.25) is 0 Å². The summed E-state index contributed by atoms with van der Waals surface area (Å²) in [5, 5.41) is 0. The second-order valence-corrected chi connectivity index (χ2v) is 6.43. The molecule has 4 heteroatoms. The zero-order chi connectivity index (χ0) is 16.6. The van der Waals surface area contributed by atoms with E-state index < -0.39 is 5.79 Å². The molecule has 2 aromatic carbocycles. The van der Waals surface area contributed by atoms with Gasteiger partial charge in [-0.25, -0.2) is 4.79 Å². The van der Waals surface area contributed by atoms with Gasteiger partial charge in [0.1, 0.15) is 11.3 Å². The van der Waals surface area contributed by atoms with Crippen molar-refractivity contribution in [2.75, 3.05) is 0 Å². The monoisotopic (exact) mass is 311 g/mol. The van der Waals surface area contributed by atoms with Crippen LogP contribution in [-0.2, 0) is 11.2 Å². The van der Waals surface area contributed by atoms with Gasteiger partial charge in [-0.2, -0.15) is 0 Å². The Balaban J connectivity index is 1.82. The number of hydrogen-bond acceptors (Lipinski definition) is 4. The summed E-state index contributed by atoms with van der Waals surface area (Å²) in [5.74, 6) is -0.687. The molecule has 1 heterocycles. The van der Waals surface area contributed by atoms with Gasteiger partial charge >= 0.3 is 5.97 Å². The molecule has 23 heavy (non-hydrogen) atoms. The van der Waals surface area contributed by atoms with Crippen LogP contribution in [0.15, 0.2) is 42.5 Å². The molecule has 1 aliphatic heterocycles. The highest BCUT2D eigenvalue weighted by molar-refractivity contribution is 5.93. The summed E-state index contributed by atoms with van der Waals surface area (Å²) in [6.45, 7) is 5.41. The second kappa shape index (κ2) is 5.70. The maximum Gasteiger partial charge on any atom is 0.345 e. The number of fused-ring (bicyclic) bond motifs is 1. The number of nitrogens with two attached hydrogens (primary N) is 1. The first-order valence-corrected chi connectivity index (χ1v) is 7.74. The van der Waals surface area contributed by atoms with Crippen LogP contribution in [0.3, 0.4) is 0 Å². The fourth-order valence-electron chi connectivity index (χ4n) is 2.67. The topological polar surface area (TPSA) is 61.6 Å². The number of rotatable bonds is 3. The second-order valence-electron chi connectivity index (χ2n) is 6.43. The Morgan fingerprint density at radius 1 is 1.04 bits per heavy atom. The van der Waals surface area contributed by atoms with Crippen molar-refractivity contribution >= 4 is 5.97 Å². The van der Waals surface area contributed by atoms with Crippen LogP contribution in [0.4, 0.5) is 0 Å². The van der Waals surface area contributed by atoms with Gasteiger partial charge in [0.05, 0.1) is 0 Å². The van der Waals surface area contributed by atoms with E-state index in [9.17, 15) is 4.79 Å². The average molecular weight is 311 g/mol. The van der Waals surface area contributed by atoms with Crippen LogP contribution in [0.5, 0.6) is 5.75 Å². The lowest BCUT2D eigenvalue weighted by Gasteiger charge is -2.31. The Morgan fingerprint density at radius 2 is 1.70 bits per heavy atom.